The molecular formula is C22H24N4O2S2. The van der Waals surface area contributed by atoms with Crippen molar-refractivity contribution in [2.75, 3.05) is 11.6 Å². The molecule has 1 aromatic carbocycles. The van der Waals surface area contributed by atoms with E-state index in [0.717, 1.165) is 11.6 Å². The summed E-state index contributed by atoms with van der Waals surface area (Å²) in [5, 5.41) is 6.86. The van der Waals surface area contributed by atoms with Crippen LogP contribution in [0.3, 0.4) is 0 Å². The van der Waals surface area contributed by atoms with Crippen LogP contribution >= 0.6 is 23.1 Å². The van der Waals surface area contributed by atoms with Gasteiger partial charge in [0, 0.05) is 23.7 Å². The Labute approximate surface area is 183 Å². The van der Waals surface area contributed by atoms with Gasteiger partial charge in [-0.05, 0) is 46.8 Å². The molecule has 0 spiro atoms. The lowest BCUT2D eigenvalue weighted by Gasteiger charge is -2.17. The Bertz CT molecular complexity index is 1270. The molecule has 2 aromatic rings. The van der Waals surface area contributed by atoms with E-state index in [0.29, 0.717) is 32.7 Å². The van der Waals surface area contributed by atoms with E-state index in [1.807, 2.05) is 44.2 Å². The Morgan fingerprint density at radius 1 is 1.00 bits per heavy atom. The second-order valence-corrected chi connectivity index (χ2v) is 9.29. The molecule has 2 aliphatic rings. The topological polar surface area (TPSA) is 57.9 Å². The Hall–Kier alpha value is -2.58. The average molecular weight is 441 g/mol. The molecule has 156 valence electrons. The molecule has 3 heterocycles. The normalized spacial score (nSPS) is 20.6. The number of hydrazone groups is 1. The van der Waals surface area contributed by atoms with Gasteiger partial charge in [-0.15, -0.1) is 11.3 Å². The monoisotopic (exact) mass is 440 g/mol. The molecule has 4 rings (SSSR count). The number of nitrogens with zero attached hydrogens (tertiary/aromatic N) is 4. The Morgan fingerprint density at radius 2 is 1.70 bits per heavy atom. The molecule has 0 fully saturated rings. The number of carbonyl (C=O) groups excluding carboxylic acids is 1. The first kappa shape index (κ1) is 20.7. The Kier molecular flexibility index (Phi) is 5.46. The molecule has 0 unspecified atom stereocenters. The molecule has 0 bridgehead atoms. The van der Waals surface area contributed by atoms with Gasteiger partial charge in [0.15, 0.2) is 0 Å². The predicted molar refractivity (Wildman–Crippen MR) is 126 cm³/mol. The number of allylic oxidation sites excluding steroid dienone is 2. The van der Waals surface area contributed by atoms with Crippen LogP contribution in [0.1, 0.15) is 34.6 Å². The van der Waals surface area contributed by atoms with Crippen LogP contribution in [0.5, 0.6) is 0 Å². The van der Waals surface area contributed by atoms with Crippen molar-refractivity contribution in [3.63, 3.8) is 0 Å². The number of anilines is 1. The van der Waals surface area contributed by atoms with Gasteiger partial charge in [-0.2, -0.15) is 10.1 Å². The zero-order chi connectivity index (χ0) is 21.6. The van der Waals surface area contributed by atoms with E-state index in [4.69, 9.17) is 0 Å². The number of hydrogen-bond donors (Lipinski definition) is 0. The van der Waals surface area contributed by atoms with Crippen molar-refractivity contribution in [3.8, 4) is 0 Å². The van der Waals surface area contributed by atoms with E-state index in [1.165, 1.54) is 26.9 Å². The third-order valence-corrected chi connectivity index (χ3v) is 7.89. The first-order valence-electron chi connectivity index (χ1n) is 9.95. The predicted octanol–water partition coefficient (Wildman–Crippen LogP) is 2.89. The molecule has 0 N–H and O–H groups in total. The van der Waals surface area contributed by atoms with Crippen LogP contribution in [-0.2, 0) is 11.3 Å². The molecule has 0 atom stereocenters. The molecule has 2 aliphatic heterocycles. The Morgan fingerprint density at radius 3 is 2.33 bits per heavy atom. The van der Waals surface area contributed by atoms with Gasteiger partial charge < -0.3 is 4.90 Å². The van der Waals surface area contributed by atoms with Crippen molar-refractivity contribution in [1.29, 1.82) is 0 Å². The highest BCUT2D eigenvalue weighted by Gasteiger charge is 2.32. The van der Waals surface area contributed by atoms with Gasteiger partial charge >= 0.3 is 0 Å². The summed E-state index contributed by atoms with van der Waals surface area (Å²) < 4.78 is 3.06. The van der Waals surface area contributed by atoms with Gasteiger partial charge in [-0.25, -0.2) is 0 Å². The second-order valence-electron chi connectivity index (χ2n) is 7.09. The van der Waals surface area contributed by atoms with E-state index < -0.39 is 0 Å². The van der Waals surface area contributed by atoms with Gasteiger partial charge in [0.2, 0.25) is 0 Å². The minimum Gasteiger partial charge on any atom is -0.338 e. The number of para-hydroxylation sites is 1. The number of hydrogen-bond acceptors (Lipinski definition) is 6. The maximum atomic E-state index is 13.3. The Balaban J connectivity index is 1.96. The van der Waals surface area contributed by atoms with Crippen molar-refractivity contribution in [1.82, 2.24) is 9.47 Å². The number of thioether (sulfide) groups is 1. The first-order valence-corrected chi connectivity index (χ1v) is 11.6. The molecule has 1 amide bonds. The van der Waals surface area contributed by atoms with Crippen LogP contribution in [-0.4, -0.2) is 27.6 Å². The van der Waals surface area contributed by atoms with Gasteiger partial charge in [0.05, 0.1) is 17.0 Å². The van der Waals surface area contributed by atoms with Crippen molar-refractivity contribution >= 4 is 51.0 Å². The van der Waals surface area contributed by atoms with Crippen molar-refractivity contribution < 1.29 is 4.79 Å². The van der Waals surface area contributed by atoms with Crippen molar-refractivity contribution in [3.05, 3.63) is 60.5 Å². The molecule has 0 aliphatic carbocycles. The van der Waals surface area contributed by atoms with E-state index in [9.17, 15) is 9.59 Å². The summed E-state index contributed by atoms with van der Waals surface area (Å²) in [6.07, 6.45) is 0. The van der Waals surface area contributed by atoms with Crippen LogP contribution < -0.4 is 19.8 Å². The molecule has 6 nitrogen and oxygen atoms in total. The van der Waals surface area contributed by atoms with E-state index >= 15 is 0 Å². The van der Waals surface area contributed by atoms with Gasteiger partial charge in [-0.3, -0.25) is 14.2 Å². The largest absolute Gasteiger partial charge is 0.338 e. The lowest BCUT2D eigenvalue weighted by atomic mass is 10.2. The minimum absolute atomic E-state index is 0.0489. The summed E-state index contributed by atoms with van der Waals surface area (Å²) in [6.45, 7) is 11.3. The number of thiazole rings is 1. The molecule has 1 aromatic heterocycles. The highest BCUT2D eigenvalue weighted by atomic mass is 32.2. The third-order valence-electron chi connectivity index (χ3n) is 5.35. The summed E-state index contributed by atoms with van der Waals surface area (Å²) in [4.78, 5) is 30.0. The van der Waals surface area contributed by atoms with Crippen molar-refractivity contribution in [2.24, 2.45) is 5.10 Å². The maximum Gasteiger partial charge on any atom is 0.283 e. The van der Waals surface area contributed by atoms with Gasteiger partial charge in [0.1, 0.15) is 14.2 Å². The molecule has 30 heavy (non-hydrogen) atoms. The fraction of sp³-hybridized carbons (Fsp3) is 0.318. The SMILES string of the molecule is CCN1C(C)=C(C)SC1=c1sc(=C2C(=O)N(c3ccccc3)N=C2C)n(CC)c1=O. The van der Waals surface area contributed by atoms with E-state index in [2.05, 4.69) is 30.8 Å². The second kappa shape index (κ2) is 7.92. The standard InChI is InChI=1S/C22H24N4O2S2/c1-6-24-14(4)15(5)29-22(24)18-20(28)25(7-2)21(30-18)17-13(3)23-26(19(17)27)16-11-9-8-10-12-16/h8-12H,6-7H2,1-5H3. The fourth-order valence-corrected chi connectivity index (χ4v) is 6.28. The van der Waals surface area contributed by atoms with E-state index in [1.54, 1.807) is 16.3 Å². The fourth-order valence-electron chi connectivity index (χ4n) is 3.68. The summed E-state index contributed by atoms with van der Waals surface area (Å²) in [5.74, 6) is -0.199. The molecule has 0 saturated carbocycles. The smallest absolute Gasteiger partial charge is 0.283 e. The van der Waals surface area contributed by atoms with Crippen LogP contribution in [0.25, 0.3) is 10.6 Å². The quantitative estimate of drug-likeness (QED) is 0.737. The zero-order valence-corrected chi connectivity index (χ0v) is 19.4. The highest BCUT2D eigenvalue weighted by Crippen LogP contribution is 2.40. The minimum atomic E-state index is -0.199. The molecule has 0 saturated heterocycles. The number of aromatic nitrogens is 1. The lowest BCUT2D eigenvalue weighted by Crippen LogP contribution is -2.35. The van der Waals surface area contributed by atoms with Crippen LogP contribution in [0.4, 0.5) is 5.69 Å². The van der Waals surface area contributed by atoms with Crippen LogP contribution in [0, 0.1) is 0 Å². The van der Waals surface area contributed by atoms with Crippen LogP contribution in [0.15, 0.2) is 50.8 Å². The molecular weight excluding hydrogens is 416 g/mol. The van der Waals surface area contributed by atoms with Gasteiger partial charge in [-0.1, -0.05) is 30.0 Å². The number of carbonyl (C=O) groups is 1. The summed E-state index contributed by atoms with van der Waals surface area (Å²) >= 11 is 3.02. The molecule has 0 radical (unpaired) electrons. The number of rotatable bonds is 3. The van der Waals surface area contributed by atoms with Gasteiger partial charge in [0.25, 0.3) is 11.5 Å². The number of benzene rings is 1. The summed E-state index contributed by atoms with van der Waals surface area (Å²) in [5.41, 5.74) is 2.97. The van der Waals surface area contributed by atoms with Crippen molar-refractivity contribution in [2.45, 2.75) is 41.2 Å². The lowest BCUT2D eigenvalue weighted by molar-refractivity contribution is -0.112. The van der Waals surface area contributed by atoms with Crippen LogP contribution in [0.2, 0.25) is 0 Å². The van der Waals surface area contributed by atoms with E-state index in [-0.39, 0.29) is 11.5 Å². The first-order chi connectivity index (χ1) is 14.4. The zero-order valence-electron chi connectivity index (χ0n) is 17.7. The maximum absolute atomic E-state index is 13.3. The summed E-state index contributed by atoms with van der Waals surface area (Å²) in [6, 6.07) is 9.36. The summed E-state index contributed by atoms with van der Waals surface area (Å²) in [7, 11) is 0. The molecule has 8 heteroatoms. The third kappa shape index (κ3) is 3.15. The average Bonchev–Trinajstić information content (AvgIpc) is 3.33. The number of amides is 1. The highest BCUT2D eigenvalue weighted by molar-refractivity contribution is 8.11.